The van der Waals surface area contributed by atoms with Crippen LogP contribution < -0.4 is 4.90 Å². The van der Waals surface area contributed by atoms with Crippen LogP contribution in [-0.2, 0) is 0 Å². The van der Waals surface area contributed by atoms with Crippen LogP contribution in [0.3, 0.4) is 0 Å². The van der Waals surface area contributed by atoms with E-state index in [2.05, 4.69) is 65.4 Å². The predicted octanol–water partition coefficient (Wildman–Crippen LogP) is 6.87. The molecule has 170 valence electrons. The first-order chi connectivity index (χ1) is 16.6. The fraction of sp³-hybridized carbons (Fsp3) is 0.207. The Labute approximate surface area is 199 Å². The first kappa shape index (κ1) is 21.8. The molecule has 0 amide bonds. The monoisotopic (exact) mass is 449 g/mol. The molecule has 0 bridgehead atoms. The minimum Gasteiger partial charge on any atom is -0.506 e. The molecule has 1 aliphatic carbocycles. The number of rotatable bonds is 6. The predicted molar refractivity (Wildman–Crippen MR) is 135 cm³/mol. The molecule has 0 saturated carbocycles. The third kappa shape index (κ3) is 3.73. The number of benzene rings is 3. The zero-order valence-corrected chi connectivity index (χ0v) is 19.3. The molecular weight excluding hydrogens is 422 g/mol. The van der Waals surface area contributed by atoms with Gasteiger partial charge in [0.1, 0.15) is 11.8 Å². The van der Waals surface area contributed by atoms with E-state index in [0.29, 0.717) is 16.8 Å². The molecule has 1 heterocycles. The number of aliphatic hydroxyl groups excluding tert-OH is 1. The maximum absolute atomic E-state index is 13.1. The zero-order valence-electron chi connectivity index (χ0n) is 19.3. The van der Waals surface area contributed by atoms with E-state index in [0.717, 1.165) is 24.2 Å². The number of fused-ring (bicyclic) bond motifs is 1. The number of nitrogens with zero attached hydrogens (tertiary/aromatic N) is 3. The molecule has 5 heteroatoms. The summed E-state index contributed by atoms with van der Waals surface area (Å²) in [5.74, 6) is -0.364. The van der Waals surface area contributed by atoms with Gasteiger partial charge in [0.15, 0.2) is 5.78 Å². The van der Waals surface area contributed by atoms with Crippen molar-refractivity contribution in [3.05, 3.63) is 118 Å². The number of allylic oxidation sites excluding steroid dienone is 1. The highest BCUT2D eigenvalue weighted by atomic mass is 16.3. The third-order valence-corrected chi connectivity index (χ3v) is 6.66. The Morgan fingerprint density at radius 2 is 1.47 bits per heavy atom. The second-order valence-electron chi connectivity index (χ2n) is 8.51. The molecule has 3 aromatic rings. The van der Waals surface area contributed by atoms with Gasteiger partial charge in [-0.1, -0.05) is 66.7 Å². The number of anilines is 1. The lowest BCUT2D eigenvalue weighted by molar-refractivity contribution is 0.103. The Kier molecular flexibility index (Phi) is 5.84. The van der Waals surface area contributed by atoms with Gasteiger partial charge in [-0.2, -0.15) is 10.2 Å². The molecule has 2 aliphatic rings. The van der Waals surface area contributed by atoms with Crippen molar-refractivity contribution in [1.82, 2.24) is 0 Å². The van der Waals surface area contributed by atoms with Crippen LogP contribution in [0.5, 0.6) is 0 Å². The third-order valence-electron chi connectivity index (χ3n) is 6.66. The van der Waals surface area contributed by atoms with Crippen molar-refractivity contribution in [3.8, 4) is 0 Å². The largest absolute Gasteiger partial charge is 0.506 e. The van der Waals surface area contributed by atoms with Gasteiger partial charge in [0.25, 0.3) is 0 Å². The molecule has 2 atom stereocenters. The van der Waals surface area contributed by atoms with Gasteiger partial charge in [-0.05, 0) is 43.2 Å². The van der Waals surface area contributed by atoms with E-state index in [1.807, 2.05) is 30.3 Å². The van der Waals surface area contributed by atoms with Crippen molar-refractivity contribution >= 4 is 17.2 Å². The van der Waals surface area contributed by atoms with E-state index in [1.54, 1.807) is 18.2 Å². The van der Waals surface area contributed by atoms with Crippen molar-refractivity contribution in [1.29, 1.82) is 0 Å². The Hall–Kier alpha value is -3.99. The van der Waals surface area contributed by atoms with Crippen LogP contribution >= 0.6 is 0 Å². The number of carbonyl (C=O) groups excluding carboxylic acids is 1. The molecule has 3 aromatic carbocycles. The lowest BCUT2D eigenvalue weighted by atomic mass is 9.85. The van der Waals surface area contributed by atoms with Gasteiger partial charge in [-0.15, -0.1) is 0 Å². The van der Waals surface area contributed by atoms with Gasteiger partial charge in [-0.25, -0.2) is 0 Å². The summed E-state index contributed by atoms with van der Waals surface area (Å²) in [5, 5.41) is 20.0. The molecule has 0 fully saturated rings. The van der Waals surface area contributed by atoms with Crippen LogP contribution in [0.2, 0.25) is 0 Å². The lowest BCUT2D eigenvalue weighted by Gasteiger charge is -2.26. The van der Waals surface area contributed by atoms with E-state index in [-0.39, 0.29) is 29.1 Å². The second kappa shape index (κ2) is 9.10. The summed E-state index contributed by atoms with van der Waals surface area (Å²) >= 11 is 0. The van der Waals surface area contributed by atoms with Gasteiger partial charge >= 0.3 is 0 Å². The average Bonchev–Trinajstić information content (AvgIpc) is 3.15. The number of aliphatic hydroxyl groups is 1. The van der Waals surface area contributed by atoms with E-state index in [4.69, 9.17) is 0 Å². The van der Waals surface area contributed by atoms with Crippen LogP contribution in [0.25, 0.3) is 5.76 Å². The first-order valence-corrected chi connectivity index (χ1v) is 11.7. The van der Waals surface area contributed by atoms with Gasteiger partial charge in [0.2, 0.25) is 0 Å². The van der Waals surface area contributed by atoms with Crippen LogP contribution in [-0.4, -0.2) is 24.0 Å². The maximum atomic E-state index is 13.1. The number of carbonyl (C=O) groups is 1. The van der Waals surface area contributed by atoms with Crippen molar-refractivity contribution in [2.24, 2.45) is 10.2 Å². The minimum atomic E-state index is -0.224. The molecular formula is C29H27N3O2. The quantitative estimate of drug-likeness (QED) is 0.446. The highest BCUT2D eigenvalue weighted by Crippen LogP contribution is 2.44. The van der Waals surface area contributed by atoms with Gasteiger partial charge in [-0.3, -0.25) is 4.79 Å². The second-order valence-corrected chi connectivity index (χ2v) is 8.51. The summed E-state index contributed by atoms with van der Waals surface area (Å²) < 4.78 is 0. The van der Waals surface area contributed by atoms with E-state index in [1.165, 1.54) is 5.69 Å². The molecule has 0 spiro atoms. The molecule has 1 aliphatic heterocycles. The van der Waals surface area contributed by atoms with Crippen molar-refractivity contribution in [2.75, 3.05) is 18.0 Å². The number of hydrogen-bond acceptors (Lipinski definition) is 5. The van der Waals surface area contributed by atoms with Crippen molar-refractivity contribution < 1.29 is 9.90 Å². The summed E-state index contributed by atoms with van der Waals surface area (Å²) in [6.07, 6.45) is 1.97. The van der Waals surface area contributed by atoms with E-state index in [9.17, 15) is 9.90 Å². The molecule has 0 saturated heterocycles. The van der Waals surface area contributed by atoms with Crippen LogP contribution in [0.1, 0.15) is 52.9 Å². The summed E-state index contributed by atoms with van der Waals surface area (Å²) in [5.41, 5.74) is 5.01. The van der Waals surface area contributed by atoms with Gasteiger partial charge < -0.3 is 10.0 Å². The Balaban J connectivity index is 1.54. The summed E-state index contributed by atoms with van der Waals surface area (Å²) in [6.45, 7) is 6.20. The van der Waals surface area contributed by atoms with E-state index >= 15 is 0 Å². The number of Topliss-reactive ketones (excluding diaryl/α,β-unsaturated/α-hetero) is 1. The minimum absolute atomic E-state index is 0.0281. The maximum Gasteiger partial charge on any atom is 0.199 e. The normalized spacial score (nSPS) is 19.2. The molecule has 0 radical (unpaired) electrons. The first-order valence-electron chi connectivity index (χ1n) is 11.7. The lowest BCUT2D eigenvalue weighted by Crippen LogP contribution is -2.21. The molecule has 5 rings (SSSR count). The standard InChI is InChI=1S/C29H27N3O2/c1-3-32(4-2)21-16-14-20(15-17-21)27-24(19-10-6-5-7-11-19)18-25(30-31-27)26-28(33)22-12-8-9-13-23(22)29(26)34/h5-18,24,27,33H,3-4H2,1-2H3/t24-,27+/m0/s1. The van der Waals surface area contributed by atoms with Crippen molar-refractivity contribution in [2.45, 2.75) is 25.8 Å². The smallest absolute Gasteiger partial charge is 0.199 e. The Morgan fingerprint density at radius 3 is 2.12 bits per heavy atom. The molecule has 5 nitrogen and oxygen atoms in total. The van der Waals surface area contributed by atoms with Crippen LogP contribution in [0.4, 0.5) is 5.69 Å². The summed E-state index contributed by atoms with van der Waals surface area (Å²) in [7, 11) is 0. The fourth-order valence-electron chi connectivity index (χ4n) is 4.83. The van der Waals surface area contributed by atoms with Gasteiger partial charge in [0, 0.05) is 35.8 Å². The number of azo groups is 1. The van der Waals surface area contributed by atoms with Gasteiger partial charge in [0.05, 0.1) is 11.3 Å². The number of hydrogen-bond donors (Lipinski definition) is 1. The molecule has 0 unspecified atom stereocenters. The van der Waals surface area contributed by atoms with Crippen molar-refractivity contribution in [3.63, 3.8) is 0 Å². The topological polar surface area (TPSA) is 65.3 Å². The highest BCUT2D eigenvalue weighted by Gasteiger charge is 2.35. The zero-order chi connectivity index (χ0) is 23.7. The Bertz CT molecular complexity index is 1300. The summed E-state index contributed by atoms with van der Waals surface area (Å²) in [6, 6.07) is 25.5. The molecule has 0 aromatic heterocycles. The SMILES string of the molecule is CCN(CC)c1ccc([C@H]2N=NC(C3=C(O)c4ccccc4C3=O)=C[C@H]2c2ccccc2)cc1. The highest BCUT2D eigenvalue weighted by molar-refractivity contribution is 6.22. The fourth-order valence-corrected chi connectivity index (χ4v) is 4.83. The summed E-state index contributed by atoms with van der Waals surface area (Å²) in [4.78, 5) is 15.4. The Morgan fingerprint density at radius 1 is 0.824 bits per heavy atom. The number of ketones is 1. The van der Waals surface area contributed by atoms with Crippen LogP contribution in [0.15, 0.2) is 106 Å². The average molecular weight is 450 g/mol. The molecule has 1 N–H and O–H groups in total. The molecule has 34 heavy (non-hydrogen) atoms. The van der Waals surface area contributed by atoms with E-state index < -0.39 is 0 Å². The van der Waals surface area contributed by atoms with Crippen LogP contribution in [0, 0.1) is 0 Å².